The van der Waals surface area contributed by atoms with Crippen molar-refractivity contribution in [2.75, 3.05) is 5.32 Å². The molecular weight excluding hydrogens is 389 g/mol. The predicted octanol–water partition coefficient (Wildman–Crippen LogP) is 5.25. The second-order valence-electron chi connectivity index (χ2n) is 7.25. The highest BCUT2D eigenvalue weighted by Crippen LogP contribution is 2.21. The normalized spacial score (nSPS) is 10.6. The molecule has 0 fully saturated rings. The predicted molar refractivity (Wildman–Crippen MR) is 120 cm³/mol. The zero-order valence-electron chi connectivity index (χ0n) is 17.0. The molecule has 0 saturated carbocycles. The van der Waals surface area contributed by atoms with Crippen molar-refractivity contribution in [3.8, 4) is 11.3 Å². The van der Waals surface area contributed by atoms with Gasteiger partial charge in [0.05, 0.1) is 24.0 Å². The molecule has 0 spiro atoms. The molecular formula is C26H22FN3O. The van der Waals surface area contributed by atoms with Crippen LogP contribution >= 0.6 is 0 Å². The highest BCUT2D eigenvalue weighted by atomic mass is 19.1. The third-order valence-corrected chi connectivity index (χ3v) is 4.94. The van der Waals surface area contributed by atoms with Crippen molar-refractivity contribution in [3.63, 3.8) is 0 Å². The van der Waals surface area contributed by atoms with Crippen molar-refractivity contribution in [3.05, 3.63) is 114 Å². The Balaban J connectivity index is 1.57. The smallest absolute Gasteiger partial charge is 0.229 e. The van der Waals surface area contributed by atoms with E-state index in [0.29, 0.717) is 23.6 Å². The minimum Gasteiger partial charge on any atom is -0.309 e. The van der Waals surface area contributed by atoms with Crippen molar-refractivity contribution in [2.24, 2.45) is 0 Å². The van der Waals surface area contributed by atoms with Crippen molar-refractivity contribution in [1.82, 2.24) is 9.97 Å². The fourth-order valence-electron chi connectivity index (χ4n) is 3.33. The third kappa shape index (κ3) is 5.60. The van der Waals surface area contributed by atoms with Crippen LogP contribution in [0, 0.1) is 5.82 Å². The summed E-state index contributed by atoms with van der Waals surface area (Å²) in [6.07, 6.45) is 3.26. The van der Waals surface area contributed by atoms with Crippen LogP contribution in [-0.4, -0.2) is 15.9 Å². The Morgan fingerprint density at radius 2 is 1.45 bits per heavy atom. The fourth-order valence-corrected chi connectivity index (χ4v) is 3.33. The first kappa shape index (κ1) is 20.4. The molecule has 1 aromatic heterocycles. The van der Waals surface area contributed by atoms with Gasteiger partial charge >= 0.3 is 0 Å². The van der Waals surface area contributed by atoms with Gasteiger partial charge in [-0.3, -0.25) is 4.79 Å². The van der Waals surface area contributed by atoms with Crippen LogP contribution < -0.4 is 5.32 Å². The molecule has 0 bridgehead atoms. The molecule has 1 N–H and O–H groups in total. The van der Waals surface area contributed by atoms with Gasteiger partial charge in [0.15, 0.2) is 5.82 Å². The first-order chi connectivity index (χ1) is 15.2. The molecule has 0 aliphatic rings. The minimum absolute atomic E-state index is 0.143. The molecule has 5 heteroatoms. The standard InChI is InChI=1S/C26H22FN3O/c27-22-14-12-21(13-15-22)24-18-28-26(30-25(31)17-20-9-5-2-6-10-20)23(29-24)16-11-19-7-3-1-4-8-19/h1-10,12-15,18H,11,16-17H2,(H,28,30,31). The van der Waals surface area contributed by atoms with Crippen LogP contribution in [0.5, 0.6) is 0 Å². The van der Waals surface area contributed by atoms with Crippen molar-refractivity contribution >= 4 is 11.7 Å². The quantitative estimate of drug-likeness (QED) is 0.452. The molecule has 0 radical (unpaired) electrons. The Labute approximate surface area is 180 Å². The number of aromatic nitrogens is 2. The average Bonchev–Trinajstić information content (AvgIpc) is 2.80. The number of hydrogen-bond donors (Lipinski definition) is 1. The Morgan fingerprint density at radius 1 is 0.806 bits per heavy atom. The number of rotatable bonds is 7. The summed E-state index contributed by atoms with van der Waals surface area (Å²) in [7, 11) is 0. The summed E-state index contributed by atoms with van der Waals surface area (Å²) in [6.45, 7) is 0. The number of carbonyl (C=O) groups excluding carboxylic acids is 1. The SMILES string of the molecule is O=C(Cc1ccccc1)Nc1ncc(-c2ccc(F)cc2)nc1CCc1ccccc1. The zero-order chi connectivity index (χ0) is 21.5. The number of aryl methyl sites for hydroxylation is 2. The van der Waals surface area contributed by atoms with E-state index in [2.05, 4.69) is 22.4 Å². The van der Waals surface area contributed by atoms with Crippen LogP contribution in [-0.2, 0) is 24.1 Å². The molecule has 0 atom stereocenters. The summed E-state index contributed by atoms with van der Waals surface area (Å²) >= 11 is 0. The lowest BCUT2D eigenvalue weighted by Crippen LogP contribution is -2.17. The van der Waals surface area contributed by atoms with Gasteiger partial charge in [0.1, 0.15) is 5.82 Å². The lowest BCUT2D eigenvalue weighted by atomic mass is 10.1. The molecule has 154 valence electrons. The van der Waals surface area contributed by atoms with E-state index in [-0.39, 0.29) is 18.1 Å². The van der Waals surface area contributed by atoms with E-state index in [1.54, 1.807) is 18.3 Å². The highest BCUT2D eigenvalue weighted by molar-refractivity contribution is 5.92. The van der Waals surface area contributed by atoms with Gasteiger partial charge in [0.25, 0.3) is 0 Å². The number of nitrogens with one attached hydrogen (secondary N) is 1. The molecule has 4 nitrogen and oxygen atoms in total. The lowest BCUT2D eigenvalue weighted by Gasteiger charge is -2.12. The molecule has 3 aromatic carbocycles. The monoisotopic (exact) mass is 411 g/mol. The fraction of sp³-hybridized carbons (Fsp3) is 0.115. The Hall–Kier alpha value is -3.86. The van der Waals surface area contributed by atoms with Crippen LogP contribution in [0.25, 0.3) is 11.3 Å². The minimum atomic E-state index is -0.300. The second kappa shape index (κ2) is 9.76. The van der Waals surface area contributed by atoms with E-state index in [1.165, 1.54) is 17.7 Å². The first-order valence-electron chi connectivity index (χ1n) is 10.2. The van der Waals surface area contributed by atoms with Crippen molar-refractivity contribution in [1.29, 1.82) is 0 Å². The van der Waals surface area contributed by atoms with E-state index < -0.39 is 0 Å². The van der Waals surface area contributed by atoms with Gasteiger partial charge < -0.3 is 5.32 Å². The van der Waals surface area contributed by atoms with E-state index in [4.69, 9.17) is 4.98 Å². The van der Waals surface area contributed by atoms with Gasteiger partial charge in [-0.25, -0.2) is 14.4 Å². The van der Waals surface area contributed by atoms with Gasteiger partial charge in [-0.2, -0.15) is 0 Å². The third-order valence-electron chi connectivity index (χ3n) is 4.94. The van der Waals surface area contributed by atoms with Gasteiger partial charge in [0, 0.05) is 5.56 Å². The number of anilines is 1. The van der Waals surface area contributed by atoms with Crippen LogP contribution in [0.4, 0.5) is 10.2 Å². The van der Waals surface area contributed by atoms with Gasteiger partial charge in [-0.05, 0) is 48.2 Å². The first-order valence-corrected chi connectivity index (χ1v) is 10.2. The van der Waals surface area contributed by atoms with E-state index in [1.807, 2.05) is 48.5 Å². The molecule has 0 aliphatic heterocycles. The van der Waals surface area contributed by atoms with Gasteiger partial charge in [-0.1, -0.05) is 60.7 Å². The highest BCUT2D eigenvalue weighted by Gasteiger charge is 2.13. The second-order valence-corrected chi connectivity index (χ2v) is 7.25. The number of nitrogens with zero attached hydrogens (tertiary/aromatic N) is 2. The molecule has 0 aliphatic carbocycles. The van der Waals surface area contributed by atoms with Gasteiger partial charge in [0.2, 0.25) is 5.91 Å². The number of hydrogen-bond acceptors (Lipinski definition) is 3. The van der Waals surface area contributed by atoms with Crippen molar-refractivity contribution in [2.45, 2.75) is 19.3 Å². The lowest BCUT2D eigenvalue weighted by molar-refractivity contribution is -0.115. The topological polar surface area (TPSA) is 54.9 Å². The molecule has 1 amide bonds. The summed E-state index contributed by atoms with van der Waals surface area (Å²) in [5.41, 5.74) is 4.23. The number of benzene rings is 3. The largest absolute Gasteiger partial charge is 0.309 e. The summed E-state index contributed by atoms with van der Waals surface area (Å²) in [6, 6.07) is 25.8. The molecule has 4 rings (SSSR count). The maximum Gasteiger partial charge on any atom is 0.229 e. The van der Waals surface area contributed by atoms with E-state index >= 15 is 0 Å². The summed E-state index contributed by atoms with van der Waals surface area (Å²) in [5, 5.41) is 2.91. The number of amides is 1. The van der Waals surface area contributed by atoms with E-state index in [9.17, 15) is 9.18 Å². The Bertz CT molecular complexity index is 1150. The number of carbonyl (C=O) groups is 1. The van der Waals surface area contributed by atoms with Crippen LogP contribution in [0.15, 0.2) is 91.1 Å². The Kier molecular flexibility index (Phi) is 6.43. The van der Waals surface area contributed by atoms with E-state index in [0.717, 1.165) is 17.5 Å². The van der Waals surface area contributed by atoms with Gasteiger partial charge in [-0.15, -0.1) is 0 Å². The zero-order valence-corrected chi connectivity index (χ0v) is 17.0. The molecule has 31 heavy (non-hydrogen) atoms. The van der Waals surface area contributed by atoms with Crippen LogP contribution in [0.2, 0.25) is 0 Å². The maximum atomic E-state index is 13.3. The molecule has 0 unspecified atom stereocenters. The number of halogens is 1. The molecule has 0 saturated heterocycles. The summed E-state index contributed by atoms with van der Waals surface area (Å²) < 4.78 is 13.3. The van der Waals surface area contributed by atoms with Crippen molar-refractivity contribution < 1.29 is 9.18 Å². The average molecular weight is 411 g/mol. The summed E-state index contributed by atoms with van der Waals surface area (Å²) in [4.78, 5) is 21.8. The van der Waals surface area contributed by atoms with Crippen LogP contribution in [0.3, 0.4) is 0 Å². The molecule has 1 heterocycles. The maximum absolute atomic E-state index is 13.3. The molecule has 4 aromatic rings. The summed E-state index contributed by atoms with van der Waals surface area (Å²) in [5.74, 6) is 0.0181. The van der Waals surface area contributed by atoms with Crippen LogP contribution in [0.1, 0.15) is 16.8 Å². The Morgan fingerprint density at radius 3 is 2.13 bits per heavy atom.